The molecule has 1 aromatic heterocycles. The van der Waals surface area contributed by atoms with Gasteiger partial charge in [-0.2, -0.15) is 0 Å². The minimum absolute atomic E-state index is 0.0981. The molecule has 0 bridgehead atoms. The molecular formula is C13H21N3O2. The van der Waals surface area contributed by atoms with Crippen molar-refractivity contribution in [2.75, 3.05) is 25.1 Å². The van der Waals surface area contributed by atoms with Crippen molar-refractivity contribution in [3.8, 4) is 0 Å². The fourth-order valence-corrected chi connectivity index (χ4v) is 2.23. The zero-order valence-corrected chi connectivity index (χ0v) is 11.1. The Kier molecular flexibility index (Phi) is 4.14. The van der Waals surface area contributed by atoms with Crippen LogP contribution >= 0.6 is 0 Å². The number of nitrogens with zero attached hydrogens (tertiary/aromatic N) is 2. The quantitative estimate of drug-likeness (QED) is 0.844. The zero-order chi connectivity index (χ0) is 13.0. The lowest BCUT2D eigenvalue weighted by atomic mass is 9.91. The van der Waals surface area contributed by atoms with E-state index in [4.69, 9.17) is 4.74 Å². The highest BCUT2D eigenvalue weighted by molar-refractivity contribution is 5.39. The molecule has 0 aliphatic carbocycles. The number of aryl methyl sites for hydroxylation is 2. The Labute approximate surface area is 108 Å². The van der Waals surface area contributed by atoms with E-state index in [0.29, 0.717) is 13.2 Å². The molecule has 0 saturated carbocycles. The fourth-order valence-electron chi connectivity index (χ4n) is 2.23. The lowest BCUT2D eigenvalue weighted by molar-refractivity contribution is 0.0378. The van der Waals surface area contributed by atoms with E-state index in [1.165, 1.54) is 0 Å². The van der Waals surface area contributed by atoms with E-state index >= 15 is 0 Å². The van der Waals surface area contributed by atoms with Crippen LogP contribution in [0.4, 0.5) is 5.82 Å². The summed E-state index contributed by atoms with van der Waals surface area (Å²) in [6.45, 7) is 5.42. The van der Waals surface area contributed by atoms with Crippen molar-refractivity contribution >= 4 is 5.82 Å². The zero-order valence-electron chi connectivity index (χ0n) is 11.1. The molecule has 0 spiro atoms. The maximum Gasteiger partial charge on any atom is 0.130 e. The molecule has 0 amide bonds. The number of aliphatic hydroxyl groups is 1. The van der Waals surface area contributed by atoms with Crippen LogP contribution in [0.1, 0.15) is 31.3 Å². The van der Waals surface area contributed by atoms with Crippen LogP contribution < -0.4 is 5.32 Å². The summed E-state index contributed by atoms with van der Waals surface area (Å²) >= 11 is 0. The van der Waals surface area contributed by atoms with Gasteiger partial charge in [-0.05, 0) is 26.2 Å². The Hall–Kier alpha value is -1.20. The highest BCUT2D eigenvalue weighted by atomic mass is 16.5. The predicted molar refractivity (Wildman–Crippen MR) is 69.6 cm³/mol. The molecule has 1 aromatic rings. The first-order valence-corrected chi connectivity index (χ1v) is 6.49. The minimum Gasteiger partial charge on any atom is -0.394 e. The number of aliphatic hydroxyl groups excluding tert-OH is 1. The summed E-state index contributed by atoms with van der Waals surface area (Å²) in [6.07, 6.45) is 2.48. The van der Waals surface area contributed by atoms with Gasteiger partial charge in [0, 0.05) is 25.0 Å². The first-order chi connectivity index (χ1) is 8.67. The third-order valence-electron chi connectivity index (χ3n) is 3.40. The summed E-state index contributed by atoms with van der Waals surface area (Å²) in [4.78, 5) is 8.75. The molecule has 1 saturated heterocycles. The SMILES string of the molecule is CCc1cc(NC2(CO)CCOCC2)nc(C)n1. The average Bonchev–Trinajstić information content (AvgIpc) is 2.39. The van der Waals surface area contributed by atoms with Crippen LogP contribution in [0.3, 0.4) is 0 Å². The molecule has 1 fully saturated rings. The van der Waals surface area contributed by atoms with Crippen LogP contribution in [0.2, 0.25) is 0 Å². The van der Waals surface area contributed by atoms with Gasteiger partial charge in [0.1, 0.15) is 11.6 Å². The second kappa shape index (κ2) is 5.63. The van der Waals surface area contributed by atoms with Crippen molar-refractivity contribution in [2.45, 2.75) is 38.6 Å². The third-order valence-corrected chi connectivity index (χ3v) is 3.40. The standard InChI is InChI=1S/C13H21N3O2/c1-3-11-8-12(15-10(2)14-11)16-13(9-17)4-6-18-7-5-13/h8,17H,3-7,9H2,1-2H3,(H,14,15,16). The topological polar surface area (TPSA) is 67.3 Å². The van der Waals surface area contributed by atoms with Crippen LogP contribution in [0.5, 0.6) is 0 Å². The van der Waals surface area contributed by atoms with Crippen LogP contribution in [0.25, 0.3) is 0 Å². The van der Waals surface area contributed by atoms with E-state index in [1.807, 2.05) is 13.0 Å². The van der Waals surface area contributed by atoms with Gasteiger partial charge in [0.25, 0.3) is 0 Å². The molecule has 18 heavy (non-hydrogen) atoms. The number of rotatable bonds is 4. The highest BCUT2D eigenvalue weighted by Crippen LogP contribution is 2.25. The van der Waals surface area contributed by atoms with Crippen LogP contribution in [0.15, 0.2) is 6.07 Å². The van der Waals surface area contributed by atoms with E-state index in [2.05, 4.69) is 22.2 Å². The van der Waals surface area contributed by atoms with Crippen LogP contribution in [-0.2, 0) is 11.2 Å². The lowest BCUT2D eigenvalue weighted by Gasteiger charge is -2.36. The maximum atomic E-state index is 9.64. The molecular weight excluding hydrogens is 230 g/mol. The summed E-state index contributed by atoms with van der Waals surface area (Å²) in [5.41, 5.74) is 0.717. The molecule has 1 aliphatic heterocycles. The van der Waals surface area contributed by atoms with E-state index in [0.717, 1.165) is 36.6 Å². The van der Waals surface area contributed by atoms with E-state index in [9.17, 15) is 5.11 Å². The number of anilines is 1. The Balaban J connectivity index is 2.18. The molecule has 2 N–H and O–H groups in total. The monoisotopic (exact) mass is 251 g/mol. The van der Waals surface area contributed by atoms with Gasteiger partial charge in [0.05, 0.1) is 12.1 Å². The molecule has 0 aromatic carbocycles. The minimum atomic E-state index is -0.302. The van der Waals surface area contributed by atoms with Gasteiger partial charge in [-0.25, -0.2) is 9.97 Å². The smallest absolute Gasteiger partial charge is 0.130 e. The molecule has 2 heterocycles. The number of hydrogen-bond acceptors (Lipinski definition) is 5. The van der Waals surface area contributed by atoms with Gasteiger partial charge < -0.3 is 15.2 Å². The normalized spacial score (nSPS) is 18.6. The Morgan fingerprint density at radius 2 is 2.11 bits per heavy atom. The van der Waals surface area contributed by atoms with Gasteiger partial charge in [-0.3, -0.25) is 0 Å². The van der Waals surface area contributed by atoms with Gasteiger partial charge >= 0.3 is 0 Å². The summed E-state index contributed by atoms with van der Waals surface area (Å²) in [5.74, 6) is 1.56. The van der Waals surface area contributed by atoms with E-state index < -0.39 is 0 Å². The average molecular weight is 251 g/mol. The lowest BCUT2D eigenvalue weighted by Crippen LogP contribution is -2.47. The first-order valence-electron chi connectivity index (χ1n) is 6.49. The summed E-state index contributed by atoms with van der Waals surface area (Å²) in [6, 6.07) is 1.96. The highest BCUT2D eigenvalue weighted by Gasteiger charge is 2.32. The molecule has 0 radical (unpaired) electrons. The van der Waals surface area contributed by atoms with Gasteiger partial charge in [-0.1, -0.05) is 6.92 Å². The summed E-state index contributed by atoms with van der Waals surface area (Å²) in [5, 5.41) is 13.0. The summed E-state index contributed by atoms with van der Waals surface area (Å²) in [7, 11) is 0. The van der Waals surface area contributed by atoms with Gasteiger partial charge in [0.15, 0.2) is 0 Å². The second-order valence-electron chi connectivity index (χ2n) is 4.82. The third kappa shape index (κ3) is 2.97. The second-order valence-corrected chi connectivity index (χ2v) is 4.82. The van der Waals surface area contributed by atoms with Crippen molar-refractivity contribution in [1.29, 1.82) is 0 Å². The molecule has 2 rings (SSSR count). The van der Waals surface area contributed by atoms with Gasteiger partial charge in [0.2, 0.25) is 0 Å². The van der Waals surface area contributed by atoms with Crippen molar-refractivity contribution in [2.24, 2.45) is 0 Å². The van der Waals surface area contributed by atoms with E-state index in [1.54, 1.807) is 0 Å². The Bertz CT molecular complexity index is 403. The fraction of sp³-hybridized carbons (Fsp3) is 0.692. The van der Waals surface area contributed by atoms with Crippen LogP contribution in [-0.4, -0.2) is 40.4 Å². The van der Waals surface area contributed by atoms with E-state index in [-0.39, 0.29) is 12.1 Å². The number of hydrogen-bond donors (Lipinski definition) is 2. The van der Waals surface area contributed by atoms with Crippen molar-refractivity contribution < 1.29 is 9.84 Å². The van der Waals surface area contributed by atoms with Crippen molar-refractivity contribution in [3.63, 3.8) is 0 Å². The predicted octanol–water partition coefficient (Wildman–Crippen LogP) is 1.30. The van der Waals surface area contributed by atoms with Gasteiger partial charge in [-0.15, -0.1) is 0 Å². The molecule has 0 unspecified atom stereocenters. The molecule has 5 heteroatoms. The molecule has 1 aliphatic rings. The maximum absolute atomic E-state index is 9.64. The summed E-state index contributed by atoms with van der Waals surface area (Å²) < 4.78 is 5.35. The number of ether oxygens (including phenoxy) is 1. The number of aromatic nitrogens is 2. The van der Waals surface area contributed by atoms with Crippen molar-refractivity contribution in [1.82, 2.24) is 9.97 Å². The molecule has 0 atom stereocenters. The van der Waals surface area contributed by atoms with Crippen LogP contribution in [0, 0.1) is 6.92 Å². The number of nitrogens with one attached hydrogen (secondary N) is 1. The molecule has 5 nitrogen and oxygen atoms in total. The van der Waals surface area contributed by atoms with Crippen molar-refractivity contribution in [3.05, 3.63) is 17.6 Å². The Morgan fingerprint density at radius 3 is 2.72 bits per heavy atom. The largest absolute Gasteiger partial charge is 0.394 e. The Morgan fingerprint density at radius 1 is 1.39 bits per heavy atom. The molecule has 100 valence electrons. The first kappa shape index (κ1) is 13.2.